The number of hydrogen-bond donors (Lipinski definition) is 0. The van der Waals surface area contributed by atoms with Gasteiger partial charge in [-0.3, -0.25) is 0 Å². The summed E-state index contributed by atoms with van der Waals surface area (Å²) in [5, 5.41) is 0. The summed E-state index contributed by atoms with van der Waals surface area (Å²) in [6.07, 6.45) is 27.9. The van der Waals surface area contributed by atoms with Crippen molar-refractivity contribution in [3.05, 3.63) is 0 Å². The van der Waals surface area contributed by atoms with Crippen LogP contribution in [0, 0.1) is 0 Å². The first-order valence-corrected chi connectivity index (χ1v) is 15.2. The topological polar surface area (TPSA) is 18.5 Å². The first-order valence-electron chi connectivity index (χ1n) is 14.6. The lowest BCUT2D eigenvalue weighted by Gasteiger charge is -2.37. The summed E-state index contributed by atoms with van der Waals surface area (Å²) in [6.45, 7) is 11.1. The highest BCUT2D eigenvalue weighted by Crippen LogP contribution is 2.34. The van der Waals surface area contributed by atoms with E-state index >= 15 is 0 Å². The van der Waals surface area contributed by atoms with Crippen LogP contribution < -0.4 is 0 Å². The highest BCUT2D eigenvalue weighted by Gasteiger charge is 2.32. The van der Waals surface area contributed by atoms with Gasteiger partial charge in [-0.25, -0.2) is 0 Å². The molecule has 0 radical (unpaired) electrons. The van der Waals surface area contributed by atoms with Gasteiger partial charge in [0.2, 0.25) is 0 Å². The molecular weight excluding hydrogens is 411 g/mol. The van der Waals surface area contributed by atoms with Crippen molar-refractivity contribution >= 4 is 9.24 Å². The van der Waals surface area contributed by atoms with Gasteiger partial charge < -0.3 is 9.47 Å². The van der Waals surface area contributed by atoms with E-state index in [1.807, 2.05) is 0 Å². The van der Waals surface area contributed by atoms with Crippen LogP contribution >= 0.6 is 9.24 Å². The Morgan fingerprint density at radius 3 is 1.16 bits per heavy atom. The fourth-order valence-corrected chi connectivity index (χ4v) is 5.14. The molecule has 3 heteroatoms. The van der Waals surface area contributed by atoms with Crippen LogP contribution in [-0.2, 0) is 9.47 Å². The van der Waals surface area contributed by atoms with E-state index in [-0.39, 0.29) is 17.7 Å². The van der Waals surface area contributed by atoms with Gasteiger partial charge >= 0.3 is 0 Å². The Morgan fingerprint density at radius 2 is 0.844 bits per heavy atom. The molecule has 0 rings (SSSR count). The van der Waals surface area contributed by atoms with Crippen LogP contribution in [-0.4, -0.2) is 17.7 Å². The molecule has 3 unspecified atom stereocenters. The smallest absolute Gasteiger partial charge is 0.156 e. The third-order valence-corrected chi connectivity index (χ3v) is 6.94. The summed E-state index contributed by atoms with van der Waals surface area (Å²) in [4.78, 5) is 0. The lowest BCUT2D eigenvalue weighted by atomic mass is 9.84. The van der Waals surface area contributed by atoms with Gasteiger partial charge in [-0.1, -0.05) is 136 Å². The molecule has 0 amide bonds. The summed E-state index contributed by atoms with van der Waals surface area (Å²) in [5.74, 6) is 0.139. The molecule has 0 spiro atoms. The van der Waals surface area contributed by atoms with Gasteiger partial charge in [0.25, 0.3) is 0 Å². The van der Waals surface area contributed by atoms with E-state index in [0.717, 1.165) is 0 Å². The molecule has 3 atom stereocenters. The number of ether oxygens (including phenoxy) is 2. The van der Waals surface area contributed by atoms with Gasteiger partial charge in [-0.15, -0.1) is 9.24 Å². The summed E-state index contributed by atoms with van der Waals surface area (Å²) < 4.78 is 12.8. The Morgan fingerprint density at radius 1 is 0.531 bits per heavy atom. The molecule has 0 aliphatic carbocycles. The molecule has 0 saturated carbocycles. The molecule has 0 fully saturated rings. The number of hydrogen-bond acceptors (Lipinski definition) is 2. The summed E-state index contributed by atoms with van der Waals surface area (Å²) >= 11 is 0. The van der Waals surface area contributed by atoms with Crippen LogP contribution in [0.4, 0.5) is 0 Å². The van der Waals surface area contributed by atoms with Crippen LogP contribution in [0.2, 0.25) is 0 Å². The molecule has 2 nitrogen and oxygen atoms in total. The van der Waals surface area contributed by atoms with Gasteiger partial charge in [-0.05, 0) is 33.1 Å². The van der Waals surface area contributed by atoms with Gasteiger partial charge in [0.15, 0.2) is 6.29 Å². The van der Waals surface area contributed by atoms with Crippen LogP contribution in [0.5, 0.6) is 0 Å². The lowest BCUT2D eigenvalue weighted by molar-refractivity contribution is -0.214. The fourth-order valence-electron chi connectivity index (χ4n) is 4.92. The summed E-state index contributed by atoms with van der Waals surface area (Å²) in [7, 11) is 2.75. The van der Waals surface area contributed by atoms with Crippen molar-refractivity contribution in [1.82, 2.24) is 0 Å². The predicted molar refractivity (Wildman–Crippen MR) is 148 cm³/mol. The Hall–Kier alpha value is 0.350. The van der Waals surface area contributed by atoms with Crippen molar-refractivity contribution in [2.75, 3.05) is 0 Å². The van der Waals surface area contributed by atoms with Crippen molar-refractivity contribution in [2.24, 2.45) is 0 Å². The van der Waals surface area contributed by atoms with Crippen molar-refractivity contribution in [3.8, 4) is 0 Å². The average Bonchev–Trinajstić information content (AvgIpc) is 2.75. The minimum absolute atomic E-state index is 0.0131. The highest BCUT2D eigenvalue weighted by molar-refractivity contribution is 7.17. The molecule has 0 saturated heterocycles. The molecule has 0 aromatic rings. The summed E-state index contributed by atoms with van der Waals surface area (Å²) in [6, 6.07) is 0. The molecule has 0 N–H and O–H groups in total. The van der Waals surface area contributed by atoms with Crippen molar-refractivity contribution in [3.63, 3.8) is 0 Å². The largest absolute Gasteiger partial charge is 0.346 e. The van der Waals surface area contributed by atoms with Crippen molar-refractivity contribution < 1.29 is 9.47 Å². The maximum absolute atomic E-state index is 6.80. The van der Waals surface area contributed by atoms with E-state index in [9.17, 15) is 0 Å². The molecule has 32 heavy (non-hydrogen) atoms. The molecule has 0 aliphatic rings. The standard InChI is InChI=1S/C29H61O2P/c1-6-9-12-15-18-21-24-29(31-27(4)30-28(5)32,25-22-19-16-13-10-7-2)26-23-20-17-14-11-8-3/h27-28H,6-26,32H2,1-5H3. The summed E-state index contributed by atoms with van der Waals surface area (Å²) in [5.41, 5.74) is 0.0131. The van der Waals surface area contributed by atoms with Crippen LogP contribution in [0.3, 0.4) is 0 Å². The first-order chi connectivity index (χ1) is 15.5. The zero-order chi connectivity index (χ0) is 23.9. The SMILES string of the molecule is CCCCCCCCC(CCCCCCCC)(CCCCCCCC)OC(C)OC(C)P. The van der Waals surface area contributed by atoms with E-state index in [2.05, 4.69) is 43.9 Å². The second-order valence-electron chi connectivity index (χ2n) is 10.3. The molecular formula is C29H61O2P. The fraction of sp³-hybridized carbons (Fsp3) is 1.00. The second-order valence-corrected chi connectivity index (χ2v) is 11.2. The maximum atomic E-state index is 6.80. The molecule has 0 aromatic heterocycles. The molecule has 0 aromatic carbocycles. The zero-order valence-corrected chi connectivity index (χ0v) is 24.1. The second kappa shape index (κ2) is 23.1. The number of rotatable bonds is 25. The Balaban J connectivity index is 4.91. The molecule has 0 heterocycles. The van der Waals surface area contributed by atoms with E-state index in [1.54, 1.807) is 0 Å². The lowest BCUT2D eigenvalue weighted by Crippen LogP contribution is -2.38. The third kappa shape index (κ3) is 19.8. The third-order valence-electron chi connectivity index (χ3n) is 6.78. The molecule has 0 bridgehead atoms. The monoisotopic (exact) mass is 472 g/mol. The van der Waals surface area contributed by atoms with E-state index in [0.29, 0.717) is 0 Å². The number of unbranched alkanes of at least 4 members (excludes halogenated alkanes) is 15. The highest BCUT2D eigenvalue weighted by atomic mass is 31.0. The van der Waals surface area contributed by atoms with Gasteiger partial charge in [0.1, 0.15) is 0 Å². The van der Waals surface area contributed by atoms with E-state index in [4.69, 9.17) is 9.47 Å². The Bertz CT molecular complexity index is 331. The van der Waals surface area contributed by atoms with Crippen molar-refractivity contribution in [2.45, 2.75) is 187 Å². The minimum atomic E-state index is -0.122. The van der Waals surface area contributed by atoms with Gasteiger partial charge in [-0.2, -0.15) is 0 Å². The molecule has 194 valence electrons. The van der Waals surface area contributed by atoms with Crippen LogP contribution in [0.25, 0.3) is 0 Å². The van der Waals surface area contributed by atoms with E-state index < -0.39 is 0 Å². The zero-order valence-electron chi connectivity index (χ0n) is 22.9. The first kappa shape index (κ1) is 32.4. The normalized spacial score (nSPS) is 14.1. The Kier molecular flexibility index (Phi) is 23.4. The minimum Gasteiger partial charge on any atom is -0.346 e. The van der Waals surface area contributed by atoms with Gasteiger partial charge in [0.05, 0.1) is 11.4 Å². The van der Waals surface area contributed by atoms with Crippen LogP contribution in [0.15, 0.2) is 0 Å². The average molecular weight is 473 g/mol. The molecule has 0 aliphatic heterocycles. The van der Waals surface area contributed by atoms with Crippen molar-refractivity contribution in [1.29, 1.82) is 0 Å². The quantitative estimate of drug-likeness (QED) is 0.0747. The maximum Gasteiger partial charge on any atom is 0.156 e. The van der Waals surface area contributed by atoms with Crippen LogP contribution in [0.1, 0.15) is 169 Å². The predicted octanol–water partition coefficient (Wildman–Crippen LogP) is 10.6. The Labute approximate surface area is 206 Å². The van der Waals surface area contributed by atoms with Gasteiger partial charge in [0, 0.05) is 0 Å². The van der Waals surface area contributed by atoms with E-state index in [1.165, 1.54) is 135 Å².